The number of H-pyrrole nitrogens is 1. The number of thiazole rings is 1. The van der Waals surface area contributed by atoms with Crippen molar-refractivity contribution >= 4 is 40.3 Å². The fourth-order valence-corrected chi connectivity index (χ4v) is 3.64. The third-order valence-electron chi connectivity index (χ3n) is 4.22. The van der Waals surface area contributed by atoms with Gasteiger partial charge in [0, 0.05) is 16.0 Å². The van der Waals surface area contributed by atoms with E-state index in [0.29, 0.717) is 21.5 Å². The lowest BCUT2D eigenvalue weighted by Gasteiger charge is -1.97. The number of nitrogens with one attached hydrogen (secondary N) is 1. The van der Waals surface area contributed by atoms with Crippen LogP contribution in [0.3, 0.4) is 0 Å². The maximum Gasteiger partial charge on any atom is 0.335 e. The molecular formula is C20H14ClN5O3S. The van der Waals surface area contributed by atoms with Crippen molar-refractivity contribution in [3.8, 4) is 16.4 Å². The lowest BCUT2D eigenvalue weighted by atomic mass is 10.2. The standard InChI is InChI=1S/C20H14ClN5O3S/c1-11-17(24-23-15-4-2-3-13(9-15)19(28)29)18(27)26(25-11)20-22-16(10-30-20)12-5-7-14(21)8-6-12/h2-10,25H,1H3,(H,28,29). The Balaban J connectivity index is 1.64. The molecule has 4 rings (SSSR count). The Bertz CT molecular complexity index is 1320. The van der Waals surface area contributed by atoms with Gasteiger partial charge in [-0.3, -0.25) is 9.89 Å². The molecule has 150 valence electrons. The quantitative estimate of drug-likeness (QED) is 0.407. The third kappa shape index (κ3) is 3.93. The van der Waals surface area contributed by atoms with Crippen molar-refractivity contribution in [3.63, 3.8) is 0 Å². The van der Waals surface area contributed by atoms with Gasteiger partial charge in [-0.15, -0.1) is 16.5 Å². The van der Waals surface area contributed by atoms with Crippen LogP contribution in [0.5, 0.6) is 0 Å². The van der Waals surface area contributed by atoms with E-state index in [1.165, 1.54) is 28.2 Å². The van der Waals surface area contributed by atoms with Gasteiger partial charge in [-0.25, -0.2) is 9.78 Å². The van der Waals surface area contributed by atoms with Crippen LogP contribution in [-0.4, -0.2) is 25.8 Å². The van der Waals surface area contributed by atoms with Crippen LogP contribution in [0.1, 0.15) is 16.1 Å². The van der Waals surface area contributed by atoms with Crippen LogP contribution < -0.4 is 5.56 Å². The second kappa shape index (κ2) is 8.05. The van der Waals surface area contributed by atoms with Crippen molar-refractivity contribution in [1.82, 2.24) is 14.8 Å². The summed E-state index contributed by atoms with van der Waals surface area (Å²) < 4.78 is 1.31. The van der Waals surface area contributed by atoms with Crippen molar-refractivity contribution in [2.75, 3.05) is 0 Å². The number of carboxylic acid groups (broad SMARTS) is 1. The van der Waals surface area contributed by atoms with Crippen LogP contribution in [0, 0.1) is 6.92 Å². The van der Waals surface area contributed by atoms with E-state index in [0.717, 1.165) is 11.3 Å². The van der Waals surface area contributed by atoms with Crippen molar-refractivity contribution in [3.05, 3.63) is 80.5 Å². The summed E-state index contributed by atoms with van der Waals surface area (Å²) in [6.07, 6.45) is 0. The summed E-state index contributed by atoms with van der Waals surface area (Å²) in [5.74, 6) is -1.06. The summed E-state index contributed by atoms with van der Waals surface area (Å²) in [6, 6.07) is 13.3. The van der Waals surface area contributed by atoms with E-state index in [1.807, 2.05) is 17.5 Å². The van der Waals surface area contributed by atoms with Gasteiger partial charge >= 0.3 is 11.5 Å². The lowest BCUT2D eigenvalue weighted by Crippen LogP contribution is -2.13. The molecule has 0 saturated heterocycles. The SMILES string of the molecule is Cc1[nH]n(-c2nc(-c3ccc(Cl)cc3)cs2)c(=O)c1N=Nc1cccc(C(=O)O)c1. The number of rotatable bonds is 5. The summed E-state index contributed by atoms with van der Waals surface area (Å²) >= 11 is 7.23. The Morgan fingerprint density at radius 1 is 1.20 bits per heavy atom. The third-order valence-corrected chi connectivity index (χ3v) is 5.30. The summed E-state index contributed by atoms with van der Waals surface area (Å²) in [6.45, 7) is 1.70. The van der Waals surface area contributed by atoms with Gasteiger partial charge in [-0.05, 0) is 37.3 Å². The number of aromatic carboxylic acids is 1. The monoisotopic (exact) mass is 439 g/mol. The summed E-state index contributed by atoms with van der Waals surface area (Å²) in [4.78, 5) is 28.4. The molecule has 0 atom stereocenters. The highest BCUT2D eigenvalue weighted by Gasteiger charge is 2.15. The zero-order valence-electron chi connectivity index (χ0n) is 15.5. The Morgan fingerprint density at radius 3 is 2.70 bits per heavy atom. The molecule has 0 bridgehead atoms. The van der Waals surface area contributed by atoms with E-state index < -0.39 is 11.5 Å². The molecule has 30 heavy (non-hydrogen) atoms. The molecule has 0 amide bonds. The Morgan fingerprint density at radius 2 is 1.97 bits per heavy atom. The van der Waals surface area contributed by atoms with Crippen LogP contribution in [0.2, 0.25) is 5.02 Å². The number of azo groups is 1. The lowest BCUT2D eigenvalue weighted by molar-refractivity contribution is 0.0697. The highest BCUT2D eigenvalue weighted by Crippen LogP contribution is 2.26. The number of aromatic nitrogens is 3. The highest BCUT2D eigenvalue weighted by molar-refractivity contribution is 7.12. The number of carboxylic acids is 1. The Hall–Kier alpha value is -3.56. The molecule has 10 heteroatoms. The van der Waals surface area contributed by atoms with Gasteiger partial charge in [0.05, 0.1) is 22.6 Å². The summed E-state index contributed by atoms with van der Waals surface area (Å²) in [5.41, 5.74) is 2.27. The summed E-state index contributed by atoms with van der Waals surface area (Å²) in [5, 5.41) is 23.0. The minimum atomic E-state index is -1.06. The van der Waals surface area contributed by atoms with Gasteiger partial charge in [0.2, 0.25) is 5.13 Å². The van der Waals surface area contributed by atoms with Gasteiger partial charge in [-0.1, -0.05) is 29.8 Å². The molecular weight excluding hydrogens is 426 g/mol. The van der Waals surface area contributed by atoms with Gasteiger partial charge in [-0.2, -0.15) is 9.80 Å². The molecule has 2 N–H and O–H groups in total. The first-order valence-corrected chi connectivity index (χ1v) is 9.96. The molecule has 0 radical (unpaired) electrons. The smallest absolute Gasteiger partial charge is 0.335 e. The molecule has 2 aromatic carbocycles. The zero-order valence-corrected chi connectivity index (χ0v) is 17.1. The number of hydrogen-bond acceptors (Lipinski definition) is 6. The first-order chi connectivity index (χ1) is 14.4. The van der Waals surface area contributed by atoms with Gasteiger partial charge < -0.3 is 5.11 Å². The molecule has 0 aliphatic carbocycles. The van der Waals surface area contributed by atoms with E-state index >= 15 is 0 Å². The fourth-order valence-electron chi connectivity index (χ4n) is 2.72. The van der Waals surface area contributed by atoms with E-state index in [4.69, 9.17) is 16.7 Å². The Kier molecular flexibility index (Phi) is 5.30. The van der Waals surface area contributed by atoms with Crippen molar-refractivity contribution < 1.29 is 9.90 Å². The minimum absolute atomic E-state index is 0.0900. The van der Waals surface area contributed by atoms with Crippen molar-refractivity contribution in [2.24, 2.45) is 10.2 Å². The first kappa shape index (κ1) is 19.7. The molecule has 0 unspecified atom stereocenters. The predicted molar refractivity (Wildman–Crippen MR) is 115 cm³/mol. The average molecular weight is 440 g/mol. The largest absolute Gasteiger partial charge is 0.478 e. The highest BCUT2D eigenvalue weighted by atomic mass is 35.5. The number of benzene rings is 2. The van der Waals surface area contributed by atoms with Gasteiger partial charge in [0.15, 0.2) is 5.69 Å². The maximum absolute atomic E-state index is 12.8. The molecule has 2 heterocycles. The number of aryl methyl sites for hydroxylation is 1. The predicted octanol–water partition coefficient (Wildman–Crippen LogP) is 5.36. The number of aromatic amines is 1. The number of nitrogens with zero attached hydrogens (tertiary/aromatic N) is 4. The van der Waals surface area contributed by atoms with Crippen LogP contribution >= 0.6 is 22.9 Å². The van der Waals surface area contributed by atoms with Crippen LogP contribution in [0.4, 0.5) is 11.4 Å². The molecule has 0 saturated carbocycles. The topological polar surface area (TPSA) is 113 Å². The second-order valence-corrected chi connectivity index (χ2v) is 7.58. The van der Waals surface area contributed by atoms with E-state index in [2.05, 4.69) is 20.3 Å². The zero-order chi connectivity index (χ0) is 21.3. The molecule has 8 nitrogen and oxygen atoms in total. The molecule has 4 aromatic rings. The normalized spacial score (nSPS) is 11.3. The molecule has 2 aromatic heterocycles. The van der Waals surface area contributed by atoms with Gasteiger partial charge in [0.1, 0.15) is 0 Å². The average Bonchev–Trinajstić information content (AvgIpc) is 3.32. The summed E-state index contributed by atoms with van der Waals surface area (Å²) in [7, 11) is 0. The van der Waals surface area contributed by atoms with E-state index in [-0.39, 0.29) is 11.3 Å². The minimum Gasteiger partial charge on any atom is -0.478 e. The maximum atomic E-state index is 12.8. The Labute approximate surface area is 179 Å². The van der Waals surface area contributed by atoms with Crippen molar-refractivity contribution in [2.45, 2.75) is 6.92 Å². The molecule has 0 spiro atoms. The molecule has 0 aliphatic rings. The van der Waals surface area contributed by atoms with Crippen molar-refractivity contribution in [1.29, 1.82) is 0 Å². The molecule has 0 aliphatic heterocycles. The van der Waals surface area contributed by atoms with E-state index in [9.17, 15) is 9.59 Å². The van der Waals surface area contributed by atoms with Crippen LogP contribution in [-0.2, 0) is 0 Å². The molecule has 0 fully saturated rings. The van der Waals surface area contributed by atoms with Crippen LogP contribution in [0.25, 0.3) is 16.4 Å². The van der Waals surface area contributed by atoms with E-state index in [1.54, 1.807) is 31.2 Å². The van der Waals surface area contributed by atoms with Crippen LogP contribution in [0.15, 0.2) is 68.9 Å². The second-order valence-electron chi connectivity index (χ2n) is 6.30. The number of carbonyl (C=O) groups is 1. The first-order valence-electron chi connectivity index (χ1n) is 8.71. The number of halogens is 1. The van der Waals surface area contributed by atoms with Gasteiger partial charge in [0.25, 0.3) is 0 Å². The fraction of sp³-hybridized carbons (Fsp3) is 0.0500. The number of hydrogen-bond donors (Lipinski definition) is 2.